The number of furan rings is 1. The number of nitrogens with two attached hydrogens (primary N) is 1. The average Bonchev–Trinajstić information content (AvgIpc) is 2.75. The second-order valence-electron chi connectivity index (χ2n) is 3.01. The molecule has 2 aromatic rings. The molecule has 1 heterocycles. The monoisotopic (exact) mass is 202 g/mol. The van der Waals surface area contributed by atoms with Crippen LogP contribution in [0, 0.1) is 17.1 Å². The number of hydrogen-bond acceptors (Lipinski definition) is 3. The summed E-state index contributed by atoms with van der Waals surface area (Å²) in [6, 6.07) is 7.95. The predicted molar refractivity (Wildman–Crippen MR) is 53.2 cm³/mol. The molecule has 2 N–H and O–H groups in total. The van der Waals surface area contributed by atoms with E-state index < -0.39 is 5.82 Å². The Hall–Kier alpha value is -2.28. The van der Waals surface area contributed by atoms with Crippen LogP contribution in [0.1, 0.15) is 5.56 Å². The minimum Gasteiger partial charge on any atom is -0.464 e. The molecule has 74 valence electrons. The maximum atomic E-state index is 13.3. The molecule has 3 nitrogen and oxygen atoms in total. The number of hydrogen-bond donors (Lipinski definition) is 1. The van der Waals surface area contributed by atoms with Crippen LogP contribution in [-0.4, -0.2) is 0 Å². The van der Waals surface area contributed by atoms with E-state index in [1.54, 1.807) is 12.1 Å². The summed E-state index contributed by atoms with van der Waals surface area (Å²) in [6.07, 6.45) is 1.48. The van der Waals surface area contributed by atoms with Gasteiger partial charge in [-0.25, -0.2) is 4.39 Å². The van der Waals surface area contributed by atoms with Crippen LogP contribution in [-0.2, 0) is 0 Å². The van der Waals surface area contributed by atoms with Gasteiger partial charge in [-0.3, -0.25) is 0 Å². The molecule has 0 fully saturated rings. The van der Waals surface area contributed by atoms with E-state index in [2.05, 4.69) is 0 Å². The highest BCUT2D eigenvalue weighted by Gasteiger charge is 2.10. The second-order valence-corrected chi connectivity index (χ2v) is 3.01. The zero-order chi connectivity index (χ0) is 10.8. The average molecular weight is 202 g/mol. The first-order chi connectivity index (χ1) is 7.22. The molecule has 0 saturated carbocycles. The first kappa shape index (κ1) is 9.28. The van der Waals surface area contributed by atoms with E-state index in [0.717, 1.165) is 0 Å². The van der Waals surface area contributed by atoms with Gasteiger partial charge < -0.3 is 10.2 Å². The maximum Gasteiger partial charge on any atom is 0.148 e. The van der Waals surface area contributed by atoms with Gasteiger partial charge in [0, 0.05) is 5.56 Å². The number of anilines is 1. The van der Waals surface area contributed by atoms with Crippen LogP contribution in [0.25, 0.3) is 11.3 Å². The predicted octanol–water partition coefficient (Wildman–Crippen LogP) is 2.54. The van der Waals surface area contributed by atoms with Gasteiger partial charge >= 0.3 is 0 Å². The van der Waals surface area contributed by atoms with Crippen molar-refractivity contribution in [2.45, 2.75) is 0 Å². The van der Waals surface area contributed by atoms with Crippen LogP contribution in [0.4, 0.5) is 10.1 Å². The zero-order valence-corrected chi connectivity index (χ0v) is 7.70. The molecule has 1 aromatic carbocycles. The highest BCUT2D eigenvalue weighted by atomic mass is 19.1. The Morgan fingerprint density at radius 1 is 1.40 bits per heavy atom. The van der Waals surface area contributed by atoms with E-state index in [-0.39, 0.29) is 11.3 Å². The highest BCUT2D eigenvalue weighted by molar-refractivity contribution is 5.67. The molecular formula is C11H7FN2O. The molecule has 0 saturated heterocycles. The van der Waals surface area contributed by atoms with Crippen molar-refractivity contribution in [1.82, 2.24) is 0 Å². The second kappa shape index (κ2) is 3.46. The molecule has 4 heteroatoms. The largest absolute Gasteiger partial charge is 0.464 e. The number of nitrogen functional groups attached to an aromatic ring is 1. The summed E-state index contributed by atoms with van der Waals surface area (Å²) in [5, 5.41) is 8.74. The summed E-state index contributed by atoms with van der Waals surface area (Å²) < 4.78 is 18.4. The van der Waals surface area contributed by atoms with Gasteiger partial charge in [-0.05, 0) is 24.3 Å². The fourth-order valence-electron chi connectivity index (χ4n) is 1.30. The molecule has 0 unspecified atom stereocenters. The van der Waals surface area contributed by atoms with E-state index >= 15 is 0 Å². The summed E-state index contributed by atoms with van der Waals surface area (Å²) in [6.45, 7) is 0. The molecule has 0 atom stereocenters. The fourth-order valence-corrected chi connectivity index (χ4v) is 1.30. The van der Waals surface area contributed by atoms with Crippen molar-refractivity contribution < 1.29 is 8.81 Å². The Kier molecular flexibility index (Phi) is 2.14. The van der Waals surface area contributed by atoms with Gasteiger partial charge in [0.05, 0.1) is 17.5 Å². The van der Waals surface area contributed by atoms with Crippen molar-refractivity contribution >= 4 is 5.69 Å². The van der Waals surface area contributed by atoms with Gasteiger partial charge in [0.1, 0.15) is 17.6 Å². The molecule has 1 aromatic heterocycles. The van der Waals surface area contributed by atoms with Crippen LogP contribution in [0.2, 0.25) is 0 Å². The van der Waals surface area contributed by atoms with Gasteiger partial charge in [0.15, 0.2) is 0 Å². The van der Waals surface area contributed by atoms with Crippen LogP contribution in [0.5, 0.6) is 0 Å². The molecule has 0 radical (unpaired) electrons. The first-order valence-corrected chi connectivity index (χ1v) is 4.25. The molecule has 0 aliphatic rings. The Morgan fingerprint density at radius 2 is 2.20 bits per heavy atom. The molecule has 15 heavy (non-hydrogen) atoms. The van der Waals surface area contributed by atoms with Gasteiger partial charge in [0.2, 0.25) is 0 Å². The Bertz CT molecular complexity index is 526. The maximum absolute atomic E-state index is 13.3. The Labute approximate surface area is 85.5 Å². The van der Waals surface area contributed by atoms with Crippen molar-refractivity contribution in [3.8, 4) is 17.4 Å². The molecule has 0 aliphatic carbocycles. The van der Waals surface area contributed by atoms with E-state index in [0.29, 0.717) is 11.3 Å². The minimum absolute atomic E-state index is 0.112. The lowest BCUT2D eigenvalue weighted by atomic mass is 10.1. The molecule has 0 bridgehead atoms. The van der Waals surface area contributed by atoms with Crippen molar-refractivity contribution in [3.05, 3.63) is 41.9 Å². The van der Waals surface area contributed by atoms with E-state index in [9.17, 15) is 4.39 Å². The highest BCUT2D eigenvalue weighted by Crippen LogP contribution is 2.26. The van der Waals surface area contributed by atoms with Gasteiger partial charge in [-0.2, -0.15) is 5.26 Å². The lowest BCUT2D eigenvalue weighted by Gasteiger charge is -2.02. The summed E-state index contributed by atoms with van der Waals surface area (Å²) >= 11 is 0. The van der Waals surface area contributed by atoms with Crippen molar-refractivity contribution in [3.63, 3.8) is 0 Å². The quantitative estimate of drug-likeness (QED) is 0.722. The Balaban J connectivity index is 2.62. The SMILES string of the molecule is N#Cc1cc(-c2ccco2)cc(F)c1N. The number of nitrogens with zero attached hydrogens (tertiary/aromatic N) is 1. The van der Waals surface area contributed by atoms with Crippen LogP contribution in [0.3, 0.4) is 0 Å². The number of benzene rings is 1. The van der Waals surface area contributed by atoms with Gasteiger partial charge in [-0.1, -0.05) is 0 Å². The van der Waals surface area contributed by atoms with Crippen molar-refractivity contribution in [1.29, 1.82) is 5.26 Å². The first-order valence-electron chi connectivity index (χ1n) is 4.25. The molecule has 0 spiro atoms. The summed E-state index contributed by atoms with van der Waals surface area (Å²) in [7, 11) is 0. The molecular weight excluding hydrogens is 195 g/mol. The van der Waals surface area contributed by atoms with Crippen molar-refractivity contribution in [2.75, 3.05) is 5.73 Å². The molecule has 0 aliphatic heterocycles. The fraction of sp³-hybridized carbons (Fsp3) is 0. The summed E-state index contributed by atoms with van der Waals surface area (Å²) in [5.41, 5.74) is 5.87. The normalized spacial score (nSPS) is 9.87. The van der Waals surface area contributed by atoms with Crippen LogP contribution >= 0.6 is 0 Å². The van der Waals surface area contributed by atoms with E-state index in [4.69, 9.17) is 15.4 Å². The third-order valence-corrected chi connectivity index (χ3v) is 2.06. The molecule has 0 amide bonds. The van der Waals surface area contributed by atoms with E-state index in [1.807, 2.05) is 6.07 Å². The zero-order valence-electron chi connectivity index (χ0n) is 7.70. The summed E-state index contributed by atoms with van der Waals surface area (Å²) in [4.78, 5) is 0. The van der Waals surface area contributed by atoms with Crippen LogP contribution < -0.4 is 5.73 Å². The topological polar surface area (TPSA) is 63.0 Å². The summed E-state index contributed by atoms with van der Waals surface area (Å²) in [5.74, 6) is -0.106. The number of rotatable bonds is 1. The standard InChI is InChI=1S/C11H7FN2O/c12-9-5-7(10-2-1-3-15-10)4-8(6-13)11(9)14/h1-5H,14H2. The van der Waals surface area contributed by atoms with Gasteiger partial charge in [-0.15, -0.1) is 0 Å². The van der Waals surface area contributed by atoms with Crippen molar-refractivity contribution in [2.24, 2.45) is 0 Å². The minimum atomic E-state index is -0.611. The van der Waals surface area contributed by atoms with Gasteiger partial charge in [0.25, 0.3) is 0 Å². The Morgan fingerprint density at radius 3 is 2.80 bits per heavy atom. The lowest BCUT2D eigenvalue weighted by Crippen LogP contribution is -1.95. The number of nitriles is 1. The number of halogens is 1. The third-order valence-electron chi connectivity index (χ3n) is 2.06. The third kappa shape index (κ3) is 1.55. The van der Waals surface area contributed by atoms with E-state index in [1.165, 1.54) is 18.4 Å². The lowest BCUT2D eigenvalue weighted by molar-refractivity contribution is 0.580. The molecule has 2 rings (SSSR count). The smallest absolute Gasteiger partial charge is 0.148 e. The van der Waals surface area contributed by atoms with Crippen LogP contribution in [0.15, 0.2) is 34.9 Å².